The van der Waals surface area contributed by atoms with Crippen molar-refractivity contribution in [1.29, 1.82) is 0 Å². The molecule has 2 heterocycles. The normalized spacial score (nSPS) is 10.3. The van der Waals surface area contributed by atoms with Gasteiger partial charge in [0.25, 0.3) is 5.91 Å². The molecule has 0 aliphatic rings. The van der Waals surface area contributed by atoms with Gasteiger partial charge in [0.1, 0.15) is 12.3 Å². The van der Waals surface area contributed by atoms with Gasteiger partial charge in [-0.25, -0.2) is 4.98 Å². The van der Waals surface area contributed by atoms with Gasteiger partial charge in [0, 0.05) is 23.8 Å². The lowest BCUT2D eigenvalue weighted by Gasteiger charge is -2.06. The van der Waals surface area contributed by atoms with E-state index in [0.29, 0.717) is 5.13 Å². The molecule has 2 N–H and O–H groups in total. The zero-order valence-corrected chi connectivity index (χ0v) is 12.8. The van der Waals surface area contributed by atoms with Crippen LogP contribution in [-0.2, 0) is 6.61 Å². The lowest BCUT2D eigenvalue weighted by molar-refractivity contribution is 0.102. The number of nitrogens with one attached hydrogen (secondary N) is 2. The third kappa shape index (κ3) is 3.83. The maximum absolute atomic E-state index is 12.0. The number of benzene rings is 1. The Labute approximate surface area is 135 Å². The van der Waals surface area contributed by atoms with E-state index in [0.717, 1.165) is 5.56 Å². The largest absolute Gasteiger partial charge is 0.483 e. The number of rotatable bonds is 5. The topological polar surface area (TPSA) is 84.1 Å². The Hall–Kier alpha value is -2.93. The van der Waals surface area contributed by atoms with E-state index in [1.165, 1.54) is 23.6 Å². The van der Waals surface area contributed by atoms with Gasteiger partial charge in [-0.1, -0.05) is 30.3 Å². The number of anilines is 1. The number of hydrogen-bond donors (Lipinski definition) is 2. The summed E-state index contributed by atoms with van der Waals surface area (Å²) in [6.07, 6.45) is 2.98. The first-order valence-corrected chi connectivity index (χ1v) is 7.70. The average Bonchev–Trinajstić information content (AvgIpc) is 3.07. The van der Waals surface area contributed by atoms with Crippen LogP contribution in [0.2, 0.25) is 0 Å². The molecular weight excluding hydrogens is 314 g/mol. The van der Waals surface area contributed by atoms with Gasteiger partial charge in [-0.2, -0.15) is 0 Å². The molecule has 6 nitrogen and oxygen atoms in total. The summed E-state index contributed by atoms with van der Waals surface area (Å²) >= 11 is 1.30. The second-order valence-corrected chi connectivity index (χ2v) is 5.54. The maximum atomic E-state index is 12.0. The van der Waals surface area contributed by atoms with Crippen molar-refractivity contribution in [2.75, 3.05) is 5.32 Å². The predicted molar refractivity (Wildman–Crippen MR) is 87.9 cm³/mol. The average molecular weight is 327 g/mol. The van der Waals surface area contributed by atoms with Crippen LogP contribution in [0.5, 0.6) is 5.75 Å². The molecule has 3 aromatic rings. The molecule has 0 saturated heterocycles. The molecule has 116 valence electrons. The van der Waals surface area contributed by atoms with Crippen molar-refractivity contribution in [3.05, 3.63) is 75.7 Å². The van der Waals surface area contributed by atoms with E-state index in [9.17, 15) is 9.59 Å². The minimum Gasteiger partial charge on any atom is -0.483 e. The fourth-order valence-electron chi connectivity index (χ4n) is 1.89. The molecule has 1 amide bonds. The van der Waals surface area contributed by atoms with E-state index < -0.39 is 5.91 Å². The Kier molecular flexibility index (Phi) is 4.49. The Balaban J connectivity index is 1.68. The summed E-state index contributed by atoms with van der Waals surface area (Å²) in [5.41, 5.74) is 0.749. The SMILES string of the molecule is O=C(Nc1nccs1)c1cc(=O)c(OCc2ccccc2)c[nH]1. The Morgan fingerprint density at radius 3 is 2.83 bits per heavy atom. The van der Waals surface area contributed by atoms with Crippen molar-refractivity contribution in [1.82, 2.24) is 9.97 Å². The van der Waals surface area contributed by atoms with Crippen LogP contribution in [0.15, 0.2) is 59.0 Å². The highest BCUT2D eigenvalue weighted by Crippen LogP contribution is 2.12. The number of aromatic nitrogens is 2. The van der Waals surface area contributed by atoms with Crippen molar-refractivity contribution in [3.63, 3.8) is 0 Å². The smallest absolute Gasteiger partial charge is 0.273 e. The summed E-state index contributed by atoms with van der Waals surface area (Å²) in [5.74, 6) is -0.258. The van der Waals surface area contributed by atoms with Crippen LogP contribution in [0.4, 0.5) is 5.13 Å². The van der Waals surface area contributed by atoms with Crippen LogP contribution in [-0.4, -0.2) is 15.9 Å². The Morgan fingerprint density at radius 1 is 1.30 bits per heavy atom. The summed E-state index contributed by atoms with van der Waals surface area (Å²) in [7, 11) is 0. The Bertz CT molecular complexity index is 845. The third-order valence-corrected chi connectivity index (χ3v) is 3.70. The summed E-state index contributed by atoms with van der Waals surface area (Å²) in [6.45, 7) is 0.286. The molecule has 2 aromatic heterocycles. The third-order valence-electron chi connectivity index (χ3n) is 3.01. The van der Waals surface area contributed by atoms with E-state index in [4.69, 9.17) is 4.74 Å². The summed E-state index contributed by atoms with van der Waals surface area (Å²) in [6, 6.07) is 10.7. The van der Waals surface area contributed by atoms with Gasteiger partial charge in [-0.05, 0) is 5.56 Å². The first-order valence-electron chi connectivity index (χ1n) is 6.82. The molecule has 0 bridgehead atoms. The number of carbonyl (C=O) groups excluding carboxylic acids is 1. The van der Waals surface area contributed by atoms with Gasteiger partial charge in [0.05, 0.1) is 0 Å². The monoisotopic (exact) mass is 327 g/mol. The van der Waals surface area contributed by atoms with Crippen LogP contribution < -0.4 is 15.5 Å². The molecule has 1 aromatic carbocycles. The number of thiazole rings is 1. The standard InChI is InChI=1S/C16H13N3O3S/c20-13-8-12(15(21)19-16-17-6-7-23-16)18-9-14(13)22-10-11-4-2-1-3-5-11/h1-9H,10H2,(H,18,20)(H,17,19,21). The summed E-state index contributed by atoms with van der Waals surface area (Å²) < 4.78 is 5.48. The Morgan fingerprint density at radius 2 is 2.13 bits per heavy atom. The zero-order valence-electron chi connectivity index (χ0n) is 12.0. The van der Waals surface area contributed by atoms with Crippen molar-refractivity contribution in [2.45, 2.75) is 6.61 Å². The van der Waals surface area contributed by atoms with Crippen LogP contribution in [0.25, 0.3) is 0 Å². The van der Waals surface area contributed by atoms with E-state index in [-0.39, 0.29) is 23.5 Å². The van der Waals surface area contributed by atoms with Crippen LogP contribution in [0.1, 0.15) is 16.1 Å². The van der Waals surface area contributed by atoms with Gasteiger partial charge in [-0.15, -0.1) is 11.3 Å². The molecule has 23 heavy (non-hydrogen) atoms. The molecule has 0 spiro atoms. The number of ether oxygens (including phenoxy) is 1. The van der Waals surface area contributed by atoms with Gasteiger partial charge in [0.15, 0.2) is 10.9 Å². The molecule has 0 unspecified atom stereocenters. The molecule has 0 fully saturated rings. The first kappa shape index (κ1) is 15.0. The lowest BCUT2D eigenvalue weighted by Crippen LogP contribution is -2.17. The molecule has 0 atom stereocenters. The predicted octanol–water partition coefficient (Wildman–Crippen LogP) is 2.66. The highest BCUT2D eigenvalue weighted by Gasteiger charge is 2.11. The summed E-state index contributed by atoms with van der Waals surface area (Å²) in [4.78, 5) is 30.8. The molecule has 0 radical (unpaired) electrons. The van der Waals surface area contributed by atoms with E-state index in [1.807, 2.05) is 30.3 Å². The van der Waals surface area contributed by atoms with E-state index >= 15 is 0 Å². The van der Waals surface area contributed by atoms with Crippen LogP contribution in [0, 0.1) is 0 Å². The highest BCUT2D eigenvalue weighted by atomic mass is 32.1. The van der Waals surface area contributed by atoms with Crippen LogP contribution >= 0.6 is 11.3 Å². The molecular formula is C16H13N3O3S. The molecule has 0 saturated carbocycles. The first-order chi connectivity index (χ1) is 11.2. The molecule has 0 aliphatic carbocycles. The van der Waals surface area contributed by atoms with Gasteiger partial charge >= 0.3 is 0 Å². The number of pyridine rings is 1. The maximum Gasteiger partial charge on any atom is 0.273 e. The molecule has 3 rings (SSSR count). The van der Waals surface area contributed by atoms with Crippen molar-refractivity contribution in [2.24, 2.45) is 0 Å². The number of nitrogens with zero attached hydrogens (tertiary/aromatic N) is 1. The van der Waals surface area contributed by atoms with Gasteiger partial charge in [-0.3, -0.25) is 14.9 Å². The van der Waals surface area contributed by atoms with Gasteiger partial charge in [0.2, 0.25) is 5.43 Å². The van der Waals surface area contributed by atoms with E-state index in [1.54, 1.807) is 11.6 Å². The van der Waals surface area contributed by atoms with Gasteiger partial charge < -0.3 is 9.72 Å². The molecule has 7 heteroatoms. The van der Waals surface area contributed by atoms with Crippen molar-refractivity contribution >= 4 is 22.4 Å². The van der Waals surface area contributed by atoms with Crippen molar-refractivity contribution < 1.29 is 9.53 Å². The highest BCUT2D eigenvalue weighted by molar-refractivity contribution is 7.13. The van der Waals surface area contributed by atoms with Crippen molar-refractivity contribution in [3.8, 4) is 5.75 Å². The van der Waals surface area contributed by atoms with E-state index in [2.05, 4.69) is 15.3 Å². The zero-order chi connectivity index (χ0) is 16.1. The lowest BCUT2D eigenvalue weighted by atomic mass is 10.2. The number of amides is 1. The number of carbonyl (C=O) groups is 1. The summed E-state index contributed by atoms with van der Waals surface area (Å²) in [5, 5.41) is 4.82. The number of hydrogen-bond acceptors (Lipinski definition) is 5. The quantitative estimate of drug-likeness (QED) is 0.754. The number of aromatic amines is 1. The fraction of sp³-hybridized carbons (Fsp3) is 0.0625. The fourth-order valence-corrected chi connectivity index (χ4v) is 2.41. The second-order valence-electron chi connectivity index (χ2n) is 4.64. The minimum atomic E-state index is -0.424. The second kappa shape index (κ2) is 6.89. The molecule has 0 aliphatic heterocycles. The number of H-pyrrole nitrogens is 1. The van der Waals surface area contributed by atoms with Crippen LogP contribution in [0.3, 0.4) is 0 Å². The minimum absolute atomic E-state index is 0.150.